The van der Waals surface area contributed by atoms with Gasteiger partial charge >= 0.3 is 0 Å². The van der Waals surface area contributed by atoms with E-state index in [1.165, 1.54) is 0 Å². The first-order valence-electron chi connectivity index (χ1n) is 7.58. The van der Waals surface area contributed by atoms with Crippen LogP contribution >= 0.6 is 11.6 Å². The summed E-state index contributed by atoms with van der Waals surface area (Å²) in [7, 11) is 2.56. The number of rotatable bonds is 7. The summed E-state index contributed by atoms with van der Waals surface area (Å²) in [5.74, 6) is 0.915. The zero-order valence-electron chi connectivity index (χ0n) is 14.1. The van der Waals surface area contributed by atoms with Crippen LogP contribution in [0.15, 0.2) is 18.2 Å². The predicted molar refractivity (Wildman–Crippen MR) is 91.8 cm³/mol. The molecule has 5 heteroatoms. The molecule has 1 amide bonds. The molecule has 0 aliphatic carbocycles. The van der Waals surface area contributed by atoms with Gasteiger partial charge in [-0.05, 0) is 30.5 Å². The molecule has 0 fully saturated rings. The van der Waals surface area contributed by atoms with Gasteiger partial charge in [-0.15, -0.1) is 0 Å². The highest BCUT2D eigenvalue weighted by molar-refractivity contribution is 6.32. The lowest BCUT2D eigenvalue weighted by Crippen LogP contribution is -2.38. The minimum absolute atomic E-state index is 0.0793. The molecule has 0 saturated heterocycles. The summed E-state index contributed by atoms with van der Waals surface area (Å²) in [5.41, 5.74) is 0.568. The van der Waals surface area contributed by atoms with Crippen molar-refractivity contribution in [3.8, 4) is 5.75 Å². The lowest BCUT2D eigenvalue weighted by Gasteiger charge is -2.22. The Morgan fingerprint density at radius 3 is 2.45 bits per heavy atom. The van der Waals surface area contributed by atoms with Crippen LogP contribution in [0.5, 0.6) is 5.75 Å². The summed E-state index contributed by atoms with van der Waals surface area (Å²) < 4.78 is 5.09. The van der Waals surface area contributed by atoms with Crippen LogP contribution in [-0.4, -0.2) is 31.3 Å². The van der Waals surface area contributed by atoms with Crippen LogP contribution < -0.4 is 10.1 Å². The number of aliphatic hydroxyl groups excluding tert-OH is 1. The van der Waals surface area contributed by atoms with Gasteiger partial charge in [-0.1, -0.05) is 45.2 Å². The third kappa shape index (κ3) is 6.67. The largest absolute Gasteiger partial charge is 0.495 e. The Bertz CT molecular complexity index is 450. The standard InChI is InChI=1S/C16H24ClNO2.CH4O/c1-5-6-7-14(11(2)3)18-16(19)12-8-9-15(20-4)13(17)10-12;1-2/h8-11,14H,5-7H2,1-4H3,(H,18,19);2H,1H3. The third-order valence-electron chi connectivity index (χ3n) is 3.40. The van der Waals surface area contributed by atoms with Crippen molar-refractivity contribution in [2.24, 2.45) is 5.92 Å². The fourth-order valence-electron chi connectivity index (χ4n) is 2.06. The normalized spacial score (nSPS) is 11.5. The van der Waals surface area contributed by atoms with E-state index in [-0.39, 0.29) is 11.9 Å². The highest BCUT2D eigenvalue weighted by atomic mass is 35.5. The Balaban J connectivity index is 0.00000211. The summed E-state index contributed by atoms with van der Waals surface area (Å²) in [4.78, 5) is 12.3. The number of hydrogen-bond donors (Lipinski definition) is 2. The minimum Gasteiger partial charge on any atom is -0.495 e. The second-order valence-corrected chi connectivity index (χ2v) is 5.72. The molecule has 2 N–H and O–H groups in total. The van der Waals surface area contributed by atoms with E-state index in [9.17, 15) is 4.79 Å². The fourth-order valence-corrected chi connectivity index (χ4v) is 2.31. The molecule has 1 unspecified atom stereocenters. The Kier molecular flexibility index (Phi) is 10.7. The molecule has 0 saturated carbocycles. The molecule has 1 aromatic carbocycles. The van der Waals surface area contributed by atoms with Crippen LogP contribution in [0.3, 0.4) is 0 Å². The van der Waals surface area contributed by atoms with Gasteiger partial charge in [0.05, 0.1) is 12.1 Å². The van der Waals surface area contributed by atoms with Crippen LogP contribution in [0.4, 0.5) is 0 Å². The molecule has 1 rings (SSSR count). The number of carbonyl (C=O) groups excluding carboxylic acids is 1. The molecule has 0 aliphatic heterocycles. The highest BCUT2D eigenvalue weighted by Crippen LogP contribution is 2.25. The summed E-state index contributed by atoms with van der Waals surface area (Å²) in [6, 6.07) is 5.29. The van der Waals surface area contributed by atoms with Crippen molar-refractivity contribution >= 4 is 17.5 Å². The maximum atomic E-state index is 12.3. The van der Waals surface area contributed by atoms with E-state index in [0.29, 0.717) is 22.3 Å². The molecular weight excluding hydrogens is 302 g/mol. The number of aliphatic hydroxyl groups is 1. The van der Waals surface area contributed by atoms with Crippen molar-refractivity contribution in [3.63, 3.8) is 0 Å². The maximum Gasteiger partial charge on any atom is 0.251 e. The maximum absolute atomic E-state index is 12.3. The number of amides is 1. The third-order valence-corrected chi connectivity index (χ3v) is 3.70. The van der Waals surface area contributed by atoms with Gasteiger partial charge < -0.3 is 15.2 Å². The van der Waals surface area contributed by atoms with Gasteiger partial charge in [0.1, 0.15) is 5.75 Å². The first-order valence-corrected chi connectivity index (χ1v) is 7.96. The topological polar surface area (TPSA) is 58.6 Å². The van der Waals surface area contributed by atoms with Gasteiger partial charge in [-0.25, -0.2) is 0 Å². The van der Waals surface area contributed by atoms with Crippen LogP contribution in [0, 0.1) is 5.92 Å². The van der Waals surface area contributed by atoms with Crippen molar-refractivity contribution in [2.75, 3.05) is 14.2 Å². The number of carbonyl (C=O) groups is 1. The molecule has 0 aliphatic rings. The molecule has 4 nitrogen and oxygen atoms in total. The minimum atomic E-state index is -0.0793. The summed E-state index contributed by atoms with van der Waals surface area (Å²) in [5, 5.41) is 10.5. The van der Waals surface area contributed by atoms with Crippen molar-refractivity contribution in [1.29, 1.82) is 0 Å². The molecule has 0 radical (unpaired) electrons. The van der Waals surface area contributed by atoms with Gasteiger partial charge in [0, 0.05) is 18.7 Å². The average molecular weight is 330 g/mol. The smallest absolute Gasteiger partial charge is 0.251 e. The van der Waals surface area contributed by atoms with E-state index in [0.717, 1.165) is 26.4 Å². The lowest BCUT2D eigenvalue weighted by atomic mass is 9.98. The van der Waals surface area contributed by atoms with Crippen LogP contribution in [0.1, 0.15) is 50.4 Å². The molecule has 0 spiro atoms. The predicted octanol–water partition coefficient (Wildman–Crippen LogP) is 3.90. The average Bonchev–Trinajstić information content (AvgIpc) is 2.52. The van der Waals surface area contributed by atoms with E-state index in [2.05, 4.69) is 26.1 Å². The molecule has 22 heavy (non-hydrogen) atoms. The van der Waals surface area contributed by atoms with E-state index in [4.69, 9.17) is 21.4 Å². The van der Waals surface area contributed by atoms with Crippen molar-refractivity contribution < 1.29 is 14.6 Å². The van der Waals surface area contributed by atoms with E-state index >= 15 is 0 Å². The fraction of sp³-hybridized carbons (Fsp3) is 0.588. The molecule has 1 aromatic rings. The van der Waals surface area contributed by atoms with Gasteiger partial charge in [-0.2, -0.15) is 0 Å². The molecule has 0 heterocycles. The highest BCUT2D eigenvalue weighted by Gasteiger charge is 2.17. The Labute approximate surface area is 138 Å². The number of benzene rings is 1. The van der Waals surface area contributed by atoms with Crippen molar-refractivity contribution in [2.45, 2.75) is 46.1 Å². The number of methoxy groups -OCH3 is 1. The number of ether oxygens (including phenoxy) is 1. The number of halogens is 1. The van der Waals surface area contributed by atoms with Crippen molar-refractivity contribution in [1.82, 2.24) is 5.32 Å². The quantitative estimate of drug-likeness (QED) is 0.797. The summed E-state index contributed by atoms with van der Waals surface area (Å²) >= 11 is 6.05. The zero-order valence-corrected chi connectivity index (χ0v) is 14.9. The van der Waals surface area contributed by atoms with Gasteiger partial charge in [0.25, 0.3) is 5.91 Å². The van der Waals surface area contributed by atoms with Crippen molar-refractivity contribution in [3.05, 3.63) is 28.8 Å². The Hall–Kier alpha value is -1.26. The summed E-state index contributed by atoms with van der Waals surface area (Å²) in [6.07, 6.45) is 3.25. The first-order chi connectivity index (χ1) is 10.5. The van der Waals surface area contributed by atoms with Gasteiger partial charge in [0.15, 0.2) is 0 Å². The summed E-state index contributed by atoms with van der Waals surface area (Å²) in [6.45, 7) is 6.41. The second kappa shape index (κ2) is 11.3. The van der Waals surface area contributed by atoms with Gasteiger partial charge in [0.2, 0.25) is 0 Å². The van der Waals surface area contributed by atoms with Crippen LogP contribution in [-0.2, 0) is 0 Å². The van der Waals surface area contributed by atoms with Gasteiger partial charge in [-0.3, -0.25) is 4.79 Å². The van der Waals surface area contributed by atoms with Crippen LogP contribution in [0.25, 0.3) is 0 Å². The lowest BCUT2D eigenvalue weighted by molar-refractivity contribution is 0.0922. The van der Waals surface area contributed by atoms with E-state index in [1.54, 1.807) is 25.3 Å². The molecular formula is C17H28ClNO3. The second-order valence-electron chi connectivity index (χ2n) is 5.32. The van der Waals surface area contributed by atoms with Crippen LogP contribution in [0.2, 0.25) is 5.02 Å². The zero-order chi connectivity index (χ0) is 17.1. The van der Waals surface area contributed by atoms with E-state index in [1.807, 2.05) is 0 Å². The molecule has 0 aromatic heterocycles. The SMILES string of the molecule is CCCCC(NC(=O)c1ccc(OC)c(Cl)c1)C(C)C.CO. The first kappa shape index (κ1) is 20.7. The number of unbranched alkanes of at least 4 members (excludes halogenated alkanes) is 1. The van der Waals surface area contributed by atoms with E-state index < -0.39 is 0 Å². The monoisotopic (exact) mass is 329 g/mol. The molecule has 1 atom stereocenters. The Morgan fingerprint density at radius 1 is 1.36 bits per heavy atom. The Morgan fingerprint density at radius 2 is 2.00 bits per heavy atom. The molecule has 0 bridgehead atoms. The molecule has 126 valence electrons. The number of hydrogen-bond acceptors (Lipinski definition) is 3. The number of nitrogens with one attached hydrogen (secondary N) is 1.